The molecule has 2 aliphatic rings. The molecule has 2 saturated heterocycles. The van der Waals surface area contributed by atoms with Crippen LogP contribution in [0, 0.1) is 12.8 Å². The predicted molar refractivity (Wildman–Crippen MR) is 95.7 cm³/mol. The number of anilines is 1. The highest BCUT2D eigenvalue weighted by Gasteiger charge is 2.36. The predicted octanol–water partition coefficient (Wildman–Crippen LogP) is 2.71. The monoisotopic (exact) mass is 352 g/mol. The van der Waals surface area contributed by atoms with Gasteiger partial charge in [-0.2, -0.15) is 0 Å². The van der Waals surface area contributed by atoms with Crippen molar-refractivity contribution in [1.82, 2.24) is 4.90 Å². The Labute approximate surface area is 149 Å². The maximum absolute atomic E-state index is 12.9. The molecular formula is C18H25ClN2O3. The number of nitrogens with zero attached hydrogens (tertiary/aromatic N) is 2. The minimum absolute atomic E-state index is 0. The molecule has 5 nitrogen and oxygen atoms in total. The normalized spacial score (nSPS) is 23.0. The first kappa shape index (κ1) is 18.7. The van der Waals surface area contributed by atoms with Crippen LogP contribution in [0.25, 0.3) is 0 Å². The van der Waals surface area contributed by atoms with Gasteiger partial charge in [0.05, 0.1) is 12.0 Å². The number of benzene rings is 1. The third kappa shape index (κ3) is 3.90. The van der Waals surface area contributed by atoms with E-state index in [1.807, 2.05) is 36.1 Å². The first-order valence-corrected chi connectivity index (χ1v) is 8.41. The first-order valence-electron chi connectivity index (χ1n) is 8.41. The van der Waals surface area contributed by atoms with Crippen molar-refractivity contribution in [2.75, 3.05) is 24.5 Å². The molecule has 1 amide bonds. The summed E-state index contributed by atoms with van der Waals surface area (Å²) in [6.07, 6.45) is 3.15. The number of hydrogen-bond acceptors (Lipinski definition) is 3. The van der Waals surface area contributed by atoms with Gasteiger partial charge in [-0.1, -0.05) is 17.7 Å². The number of carbonyl (C=O) groups is 2. The summed E-state index contributed by atoms with van der Waals surface area (Å²) in [6.45, 7) is 4.21. The highest BCUT2D eigenvalue weighted by molar-refractivity contribution is 5.98. The smallest absolute Gasteiger partial charge is 0.306 e. The lowest BCUT2D eigenvalue weighted by molar-refractivity contribution is -0.143. The number of piperidine rings is 2. The summed E-state index contributed by atoms with van der Waals surface area (Å²) < 4.78 is 0. The van der Waals surface area contributed by atoms with Crippen molar-refractivity contribution in [3.63, 3.8) is 0 Å². The summed E-state index contributed by atoms with van der Waals surface area (Å²) in [4.78, 5) is 28.0. The minimum Gasteiger partial charge on any atom is -0.481 e. The van der Waals surface area contributed by atoms with Crippen LogP contribution in [0.1, 0.15) is 31.2 Å². The van der Waals surface area contributed by atoms with Gasteiger partial charge in [0.1, 0.15) is 0 Å². The molecule has 2 fully saturated rings. The van der Waals surface area contributed by atoms with Crippen LogP contribution in [-0.2, 0) is 9.59 Å². The molecule has 1 aromatic carbocycles. The number of hydrogen-bond donors (Lipinski definition) is 1. The van der Waals surface area contributed by atoms with Crippen LogP contribution in [0.4, 0.5) is 5.69 Å². The van der Waals surface area contributed by atoms with Crippen molar-refractivity contribution >= 4 is 30.0 Å². The largest absolute Gasteiger partial charge is 0.481 e. The summed E-state index contributed by atoms with van der Waals surface area (Å²) in [7, 11) is 0. The molecule has 3 rings (SSSR count). The first-order chi connectivity index (χ1) is 11.1. The molecular weight excluding hydrogens is 328 g/mol. The molecule has 0 aliphatic carbocycles. The van der Waals surface area contributed by atoms with Gasteiger partial charge in [0, 0.05) is 12.2 Å². The van der Waals surface area contributed by atoms with Crippen molar-refractivity contribution in [3.8, 4) is 0 Å². The van der Waals surface area contributed by atoms with Crippen LogP contribution in [0.15, 0.2) is 24.3 Å². The van der Waals surface area contributed by atoms with Crippen molar-refractivity contribution in [2.45, 2.75) is 38.6 Å². The van der Waals surface area contributed by atoms with Gasteiger partial charge in [-0.05, 0) is 57.8 Å². The second kappa shape index (κ2) is 7.99. The molecule has 132 valence electrons. The van der Waals surface area contributed by atoms with Crippen molar-refractivity contribution in [3.05, 3.63) is 29.8 Å². The molecule has 0 aromatic heterocycles. The van der Waals surface area contributed by atoms with Crippen molar-refractivity contribution in [1.29, 1.82) is 0 Å². The van der Waals surface area contributed by atoms with E-state index in [4.69, 9.17) is 5.11 Å². The molecule has 1 atom stereocenters. The summed E-state index contributed by atoms with van der Waals surface area (Å²) in [5.74, 6) is -0.798. The maximum atomic E-state index is 12.9. The summed E-state index contributed by atoms with van der Waals surface area (Å²) in [5.41, 5.74) is 2.15. The molecule has 2 aliphatic heterocycles. The van der Waals surface area contributed by atoms with E-state index in [0.717, 1.165) is 25.1 Å². The average molecular weight is 353 g/mol. The highest BCUT2D eigenvalue weighted by atomic mass is 35.5. The summed E-state index contributed by atoms with van der Waals surface area (Å²) in [6, 6.07) is 7.98. The zero-order valence-electron chi connectivity index (χ0n) is 14.0. The second-order valence-corrected chi connectivity index (χ2v) is 6.63. The Morgan fingerprint density at radius 3 is 2.29 bits per heavy atom. The molecule has 0 radical (unpaired) electrons. The topological polar surface area (TPSA) is 60.9 Å². The quantitative estimate of drug-likeness (QED) is 0.908. The molecule has 6 heteroatoms. The van der Waals surface area contributed by atoms with Gasteiger partial charge in [-0.3, -0.25) is 14.5 Å². The lowest BCUT2D eigenvalue weighted by atomic mass is 9.93. The van der Waals surface area contributed by atoms with Crippen LogP contribution in [0.5, 0.6) is 0 Å². The number of likely N-dealkylation sites (tertiary alicyclic amines) is 1. The number of carboxylic acid groups (broad SMARTS) is 1. The number of rotatable bonds is 3. The number of aliphatic carboxylic acids is 1. The van der Waals surface area contributed by atoms with Crippen LogP contribution in [0.2, 0.25) is 0 Å². The van der Waals surface area contributed by atoms with E-state index >= 15 is 0 Å². The maximum Gasteiger partial charge on any atom is 0.306 e. The average Bonchev–Trinajstić information content (AvgIpc) is 2.56. The highest BCUT2D eigenvalue weighted by Crippen LogP contribution is 2.27. The number of aryl methyl sites for hydroxylation is 1. The number of carboxylic acids is 1. The van der Waals surface area contributed by atoms with E-state index < -0.39 is 5.97 Å². The van der Waals surface area contributed by atoms with Crippen LogP contribution in [-0.4, -0.2) is 47.6 Å². The van der Waals surface area contributed by atoms with E-state index in [9.17, 15) is 9.59 Å². The molecule has 1 aromatic rings. The molecule has 0 saturated carbocycles. The van der Waals surface area contributed by atoms with Crippen LogP contribution in [0.3, 0.4) is 0 Å². The Morgan fingerprint density at radius 1 is 1.08 bits per heavy atom. The lowest BCUT2D eigenvalue weighted by Gasteiger charge is -2.41. The van der Waals surface area contributed by atoms with Crippen LogP contribution >= 0.6 is 12.4 Å². The number of carbonyl (C=O) groups excluding carboxylic acids is 1. The molecule has 1 N–H and O–H groups in total. The SMILES string of the molecule is Cc1ccc(N2CCCC(N3CCC(C(=O)O)CC3)C2=O)cc1.Cl. The lowest BCUT2D eigenvalue weighted by Crippen LogP contribution is -2.54. The molecule has 2 heterocycles. The molecule has 0 bridgehead atoms. The fourth-order valence-corrected chi connectivity index (χ4v) is 3.63. The molecule has 0 spiro atoms. The summed E-state index contributed by atoms with van der Waals surface area (Å²) >= 11 is 0. The van der Waals surface area contributed by atoms with Crippen molar-refractivity contribution in [2.24, 2.45) is 5.92 Å². The standard InChI is InChI=1S/C18H24N2O3.ClH/c1-13-4-6-15(7-5-13)20-10-2-3-16(17(20)21)19-11-8-14(9-12-19)18(22)23;/h4-7,14,16H,2-3,8-12H2,1H3,(H,22,23);1H. The van der Waals surface area contributed by atoms with Gasteiger partial charge >= 0.3 is 5.97 Å². The Kier molecular flexibility index (Phi) is 6.24. The zero-order chi connectivity index (χ0) is 16.4. The van der Waals surface area contributed by atoms with Gasteiger partial charge in [0.25, 0.3) is 0 Å². The Morgan fingerprint density at radius 2 is 1.71 bits per heavy atom. The van der Waals surface area contributed by atoms with Gasteiger partial charge in [0.15, 0.2) is 0 Å². The van der Waals surface area contributed by atoms with Crippen molar-refractivity contribution < 1.29 is 14.7 Å². The van der Waals surface area contributed by atoms with E-state index in [0.29, 0.717) is 25.9 Å². The summed E-state index contributed by atoms with van der Waals surface area (Å²) in [5, 5.41) is 9.11. The zero-order valence-corrected chi connectivity index (χ0v) is 14.8. The fraction of sp³-hybridized carbons (Fsp3) is 0.556. The Hall–Kier alpha value is -1.59. The molecule has 24 heavy (non-hydrogen) atoms. The fourth-order valence-electron chi connectivity index (χ4n) is 3.63. The second-order valence-electron chi connectivity index (χ2n) is 6.63. The van der Waals surface area contributed by atoms with Gasteiger partial charge < -0.3 is 10.0 Å². The molecule has 1 unspecified atom stereocenters. The van der Waals surface area contributed by atoms with Gasteiger partial charge in [-0.25, -0.2) is 0 Å². The Balaban J connectivity index is 0.00000208. The number of halogens is 1. The minimum atomic E-state index is -0.707. The Bertz CT molecular complexity index is 582. The van der Waals surface area contributed by atoms with E-state index in [-0.39, 0.29) is 30.3 Å². The van der Waals surface area contributed by atoms with Crippen LogP contribution < -0.4 is 4.90 Å². The number of amides is 1. The van der Waals surface area contributed by atoms with E-state index in [1.165, 1.54) is 5.56 Å². The van der Waals surface area contributed by atoms with Gasteiger partial charge in [-0.15, -0.1) is 12.4 Å². The van der Waals surface area contributed by atoms with E-state index in [2.05, 4.69) is 4.90 Å². The third-order valence-corrected chi connectivity index (χ3v) is 5.08. The third-order valence-electron chi connectivity index (χ3n) is 5.08. The van der Waals surface area contributed by atoms with Gasteiger partial charge in [0.2, 0.25) is 5.91 Å². The van der Waals surface area contributed by atoms with E-state index in [1.54, 1.807) is 0 Å².